The first-order chi connectivity index (χ1) is 13.7. The van der Waals surface area contributed by atoms with Crippen LogP contribution in [0.15, 0.2) is 52.9 Å². The van der Waals surface area contributed by atoms with Gasteiger partial charge < -0.3 is 19.7 Å². The number of hydrogen-bond acceptors (Lipinski definition) is 4. The number of benzene rings is 2. The summed E-state index contributed by atoms with van der Waals surface area (Å²) < 4.78 is 6.02. The summed E-state index contributed by atoms with van der Waals surface area (Å²) in [7, 11) is 0. The zero-order chi connectivity index (χ0) is 19.1. The van der Waals surface area contributed by atoms with Gasteiger partial charge in [-0.1, -0.05) is 36.4 Å². The molecule has 3 aromatic rings. The highest BCUT2D eigenvalue weighted by molar-refractivity contribution is 6.00. The van der Waals surface area contributed by atoms with Gasteiger partial charge in [-0.15, -0.1) is 12.4 Å². The first-order valence-electron chi connectivity index (χ1n) is 9.97. The van der Waals surface area contributed by atoms with E-state index in [-0.39, 0.29) is 31.0 Å². The lowest BCUT2D eigenvalue weighted by Gasteiger charge is -2.44. The van der Waals surface area contributed by atoms with Gasteiger partial charge in [-0.3, -0.25) is 4.79 Å². The van der Waals surface area contributed by atoms with Crippen LogP contribution in [0.5, 0.6) is 0 Å². The first-order valence-corrected chi connectivity index (χ1v) is 9.97. The molecule has 2 N–H and O–H groups in total. The fourth-order valence-electron chi connectivity index (χ4n) is 4.61. The Morgan fingerprint density at radius 1 is 1.14 bits per heavy atom. The molecule has 4 heterocycles. The molecule has 0 spiro atoms. The van der Waals surface area contributed by atoms with Crippen LogP contribution in [-0.2, 0) is 6.61 Å². The maximum atomic E-state index is 12.9. The third-order valence-electron chi connectivity index (χ3n) is 6.16. The number of halogens is 1. The van der Waals surface area contributed by atoms with E-state index in [4.69, 9.17) is 4.42 Å². The number of nitrogens with zero attached hydrogens (tertiary/aromatic N) is 1. The van der Waals surface area contributed by atoms with Crippen molar-refractivity contribution in [3.05, 3.63) is 59.9 Å². The van der Waals surface area contributed by atoms with Crippen LogP contribution < -0.4 is 5.32 Å². The van der Waals surface area contributed by atoms with Crippen molar-refractivity contribution < 1.29 is 14.3 Å². The minimum absolute atomic E-state index is 0. The molecule has 6 heteroatoms. The van der Waals surface area contributed by atoms with Crippen molar-refractivity contribution in [3.63, 3.8) is 0 Å². The highest BCUT2D eigenvalue weighted by atomic mass is 35.5. The largest absolute Gasteiger partial charge is 0.450 e. The van der Waals surface area contributed by atoms with E-state index in [1.807, 2.05) is 48.5 Å². The number of fused-ring (bicyclic) bond motifs is 4. The van der Waals surface area contributed by atoms with Gasteiger partial charge >= 0.3 is 0 Å². The molecule has 2 aromatic carbocycles. The van der Waals surface area contributed by atoms with Crippen LogP contribution in [-0.4, -0.2) is 41.6 Å². The minimum atomic E-state index is -0.134. The van der Waals surface area contributed by atoms with E-state index < -0.39 is 0 Å². The normalized spacial score (nSPS) is 23.0. The lowest BCUT2D eigenvalue weighted by Crippen LogP contribution is -2.57. The summed E-state index contributed by atoms with van der Waals surface area (Å²) in [4.78, 5) is 15.3. The van der Waals surface area contributed by atoms with Crippen LogP contribution in [0.25, 0.3) is 22.1 Å². The summed E-state index contributed by atoms with van der Waals surface area (Å²) in [6.45, 7) is 3.24. The summed E-state index contributed by atoms with van der Waals surface area (Å²) in [5, 5.41) is 13.5. The second-order valence-electron chi connectivity index (χ2n) is 7.91. The lowest BCUT2D eigenvalue weighted by molar-refractivity contribution is 0.0607. The van der Waals surface area contributed by atoms with E-state index >= 15 is 0 Å². The molecule has 1 atom stereocenters. The van der Waals surface area contributed by atoms with Gasteiger partial charge in [0.05, 0.1) is 6.61 Å². The second kappa shape index (κ2) is 8.19. The first kappa shape index (κ1) is 20.0. The van der Waals surface area contributed by atoms with Gasteiger partial charge in [0.2, 0.25) is 0 Å². The fraction of sp³-hybridized carbons (Fsp3) is 0.348. The number of furan rings is 1. The Morgan fingerprint density at radius 2 is 1.93 bits per heavy atom. The predicted octanol–water partition coefficient (Wildman–Crippen LogP) is 3.84. The number of aliphatic hydroxyl groups excluding tert-OH is 1. The summed E-state index contributed by atoms with van der Waals surface area (Å²) >= 11 is 0. The molecule has 3 saturated heterocycles. The van der Waals surface area contributed by atoms with Gasteiger partial charge in [0.15, 0.2) is 5.76 Å². The molecule has 1 aromatic heterocycles. The van der Waals surface area contributed by atoms with Gasteiger partial charge in [-0.05, 0) is 55.1 Å². The van der Waals surface area contributed by atoms with E-state index in [1.54, 1.807) is 0 Å². The molecule has 3 fully saturated rings. The van der Waals surface area contributed by atoms with Gasteiger partial charge in [-0.2, -0.15) is 0 Å². The minimum Gasteiger partial charge on any atom is -0.450 e. The monoisotopic (exact) mass is 412 g/mol. The Labute approximate surface area is 176 Å². The number of piperidine rings is 3. The Kier molecular flexibility index (Phi) is 5.63. The molecular formula is C23H25ClN2O3. The molecule has 5 nitrogen and oxygen atoms in total. The van der Waals surface area contributed by atoms with Crippen LogP contribution in [0.2, 0.25) is 0 Å². The molecule has 0 unspecified atom stereocenters. The standard InChI is InChI=1S/C23H24N2O3.ClH/c26-14-15-3-1-4-17(11-15)19-6-2-5-18-12-21(28-22(18)19)23(27)24-20-13-25-9-7-16(20)8-10-25;/h1-6,11-12,16,20,26H,7-10,13-14H2,(H,24,27);1H/t20-;/m0./s1. The van der Waals surface area contributed by atoms with Crippen LogP contribution in [0.1, 0.15) is 29.0 Å². The van der Waals surface area contributed by atoms with Crippen molar-refractivity contribution in [1.82, 2.24) is 10.2 Å². The Balaban J connectivity index is 0.00000205. The third-order valence-corrected chi connectivity index (χ3v) is 6.16. The van der Waals surface area contributed by atoms with Crippen molar-refractivity contribution in [2.45, 2.75) is 25.5 Å². The van der Waals surface area contributed by atoms with Crippen LogP contribution in [0, 0.1) is 5.92 Å². The van der Waals surface area contributed by atoms with Crippen molar-refractivity contribution in [2.24, 2.45) is 5.92 Å². The Morgan fingerprint density at radius 3 is 2.66 bits per heavy atom. The number of para-hydroxylation sites is 1. The van der Waals surface area contributed by atoms with Gasteiger partial charge in [-0.25, -0.2) is 0 Å². The average Bonchev–Trinajstić information content (AvgIpc) is 3.19. The van der Waals surface area contributed by atoms with E-state index in [0.29, 0.717) is 17.3 Å². The van der Waals surface area contributed by atoms with Crippen molar-refractivity contribution in [1.29, 1.82) is 0 Å². The zero-order valence-electron chi connectivity index (χ0n) is 16.1. The topological polar surface area (TPSA) is 65.7 Å². The van der Waals surface area contributed by atoms with Gasteiger partial charge in [0.25, 0.3) is 5.91 Å². The van der Waals surface area contributed by atoms with Gasteiger partial charge in [0.1, 0.15) is 5.58 Å². The summed E-state index contributed by atoms with van der Waals surface area (Å²) in [6, 6.07) is 15.7. The van der Waals surface area contributed by atoms with Crippen LogP contribution in [0.3, 0.4) is 0 Å². The molecule has 1 amide bonds. The highest BCUT2D eigenvalue weighted by Gasteiger charge is 2.35. The van der Waals surface area contributed by atoms with E-state index in [9.17, 15) is 9.90 Å². The number of amides is 1. The summed E-state index contributed by atoms with van der Waals surface area (Å²) in [5.41, 5.74) is 3.45. The number of hydrogen-bond donors (Lipinski definition) is 2. The van der Waals surface area contributed by atoms with Gasteiger partial charge in [0, 0.05) is 23.5 Å². The SMILES string of the molecule is Cl.O=C(N[C@H]1CN2CCC1CC2)c1cc2cccc(-c3cccc(CO)c3)c2o1. The maximum absolute atomic E-state index is 12.9. The molecule has 0 saturated carbocycles. The molecule has 0 radical (unpaired) electrons. The number of carbonyl (C=O) groups excluding carboxylic acids is 1. The smallest absolute Gasteiger partial charge is 0.287 e. The predicted molar refractivity (Wildman–Crippen MR) is 115 cm³/mol. The highest BCUT2D eigenvalue weighted by Crippen LogP contribution is 2.32. The average molecular weight is 413 g/mol. The van der Waals surface area contributed by atoms with E-state index in [1.165, 1.54) is 0 Å². The molecule has 3 aliphatic rings. The summed E-state index contributed by atoms with van der Waals surface area (Å²) in [6.07, 6.45) is 2.33. The number of aliphatic hydroxyl groups is 1. The van der Waals surface area contributed by atoms with Crippen molar-refractivity contribution in [2.75, 3.05) is 19.6 Å². The molecule has 2 bridgehead atoms. The molecule has 0 aliphatic carbocycles. The van der Waals surface area contributed by atoms with Crippen LogP contribution >= 0.6 is 12.4 Å². The molecule has 152 valence electrons. The molecule has 3 aliphatic heterocycles. The summed E-state index contributed by atoms with van der Waals surface area (Å²) in [5.74, 6) is 0.803. The fourth-order valence-corrected chi connectivity index (χ4v) is 4.61. The number of rotatable bonds is 4. The number of nitrogens with one attached hydrogen (secondary N) is 1. The third kappa shape index (κ3) is 3.78. The number of carbonyl (C=O) groups is 1. The van der Waals surface area contributed by atoms with E-state index in [2.05, 4.69) is 10.2 Å². The molecule has 29 heavy (non-hydrogen) atoms. The van der Waals surface area contributed by atoms with E-state index in [0.717, 1.165) is 54.6 Å². The van der Waals surface area contributed by atoms with Crippen molar-refractivity contribution in [3.8, 4) is 11.1 Å². The van der Waals surface area contributed by atoms with Crippen LogP contribution in [0.4, 0.5) is 0 Å². The maximum Gasteiger partial charge on any atom is 0.287 e. The molecule has 6 rings (SSSR count). The lowest BCUT2D eigenvalue weighted by atomic mass is 9.84. The zero-order valence-corrected chi connectivity index (χ0v) is 17.0. The molecular weight excluding hydrogens is 388 g/mol. The van der Waals surface area contributed by atoms with Crippen molar-refractivity contribution >= 4 is 29.3 Å². The second-order valence-corrected chi connectivity index (χ2v) is 7.91. The quantitative estimate of drug-likeness (QED) is 0.683. The Bertz CT molecular complexity index is 1020. The Hall–Kier alpha value is -2.34.